The maximum atomic E-state index is 10.5. The molecule has 0 unspecified atom stereocenters. The van der Waals surface area contributed by atoms with Crippen LogP contribution in [0.3, 0.4) is 0 Å². The van der Waals surface area contributed by atoms with Gasteiger partial charge in [-0.2, -0.15) is 0 Å². The number of primary amides is 1. The van der Waals surface area contributed by atoms with Gasteiger partial charge in [0.15, 0.2) is 0 Å². The van der Waals surface area contributed by atoms with Crippen molar-refractivity contribution in [2.75, 3.05) is 6.61 Å². The Morgan fingerprint density at radius 2 is 2.36 bits per heavy atom. The molecule has 0 aliphatic carbocycles. The Bertz CT molecular complexity index is 396. The van der Waals surface area contributed by atoms with Crippen LogP contribution in [0.2, 0.25) is 0 Å². The second kappa shape index (κ2) is 3.54. The molecule has 3 nitrogen and oxygen atoms in total. The van der Waals surface area contributed by atoms with E-state index in [0.29, 0.717) is 0 Å². The fourth-order valence-electron chi connectivity index (χ4n) is 1.49. The quantitative estimate of drug-likeness (QED) is 0.709. The van der Waals surface area contributed by atoms with Gasteiger partial charge in [-0.05, 0) is 29.3 Å². The normalized spacial score (nSPS) is 14.0. The minimum absolute atomic E-state index is 0.429. The minimum Gasteiger partial charge on any atom is -0.493 e. The molecule has 1 amide bonds. The van der Waals surface area contributed by atoms with Crippen molar-refractivity contribution in [1.29, 1.82) is 0 Å². The zero-order valence-corrected chi connectivity index (χ0v) is 7.69. The molecule has 0 spiro atoms. The fourth-order valence-corrected chi connectivity index (χ4v) is 1.49. The first-order valence-electron chi connectivity index (χ1n) is 4.49. The van der Waals surface area contributed by atoms with Crippen molar-refractivity contribution in [2.45, 2.75) is 6.42 Å². The van der Waals surface area contributed by atoms with Gasteiger partial charge in [0, 0.05) is 12.5 Å². The molecule has 1 aromatic carbocycles. The first-order valence-corrected chi connectivity index (χ1v) is 4.49. The van der Waals surface area contributed by atoms with Gasteiger partial charge in [0.1, 0.15) is 5.75 Å². The van der Waals surface area contributed by atoms with Gasteiger partial charge in [0.25, 0.3) is 0 Å². The van der Waals surface area contributed by atoms with Crippen molar-refractivity contribution < 1.29 is 9.53 Å². The summed E-state index contributed by atoms with van der Waals surface area (Å²) >= 11 is 0. The largest absolute Gasteiger partial charge is 0.493 e. The molecule has 0 fully saturated rings. The van der Waals surface area contributed by atoms with Crippen LogP contribution in [-0.2, 0) is 11.2 Å². The molecule has 3 heteroatoms. The summed E-state index contributed by atoms with van der Waals surface area (Å²) in [5, 5.41) is 0. The number of fused-ring (bicyclic) bond motifs is 1. The second-order valence-electron chi connectivity index (χ2n) is 3.20. The predicted molar refractivity (Wildman–Crippen MR) is 53.9 cm³/mol. The molecule has 2 rings (SSSR count). The Balaban J connectivity index is 2.25. The summed E-state index contributed by atoms with van der Waals surface area (Å²) < 4.78 is 5.36. The van der Waals surface area contributed by atoms with Crippen LogP contribution in [0.1, 0.15) is 11.1 Å². The number of benzene rings is 1. The van der Waals surface area contributed by atoms with Crippen molar-refractivity contribution in [3.05, 3.63) is 35.4 Å². The summed E-state index contributed by atoms with van der Waals surface area (Å²) in [6.45, 7) is 0.748. The highest BCUT2D eigenvalue weighted by molar-refractivity contribution is 5.90. The lowest BCUT2D eigenvalue weighted by atomic mass is 10.1. The van der Waals surface area contributed by atoms with E-state index in [0.717, 1.165) is 24.3 Å². The monoisotopic (exact) mass is 189 g/mol. The van der Waals surface area contributed by atoms with Gasteiger partial charge in [-0.1, -0.05) is 6.07 Å². The molecule has 1 aromatic rings. The maximum absolute atomic E-state index is 10.5. The Labute approximate surface area is 82.2 Å². The molecule has 0 bridgehead atoms. The minimum atomic E-state index is -0.429. The maximum Gasteiger partial charge on any atom is 0.241 e. The number of nitrogens with two attached hydrogens (primary N) is 1. The van der Waals surface area contributed by atoms with E-state index in [1.807, 2.05) is 18.2 Å². The molecular formula is C11H11NO2. The Morgan fingerprint density at radius 1 is 1.50 bits per heavy atom. The van der Waals surface area contributed by atoms with Crippen LogP contribution in [0.5, 0.6) is 5.75 Å². The molecular weight excluding hydrogens is 178 g/mol. The van der Waals surface area contributed by atoms with E-state index in [2.05, 4.69) is 0 Å². The molecule has 1 aliphatic rings. The van der Waals surface area contributed by atoms with Crippen molar-refractivity contribution >= 4 is 12.0 Å². The Morgan fingerprint density at radius 3 is 3.14 bits per heavy atom. The van der Waals surface area contributed by atoms with Crippen LogP contribution in [0.4, 0.5) is 0 Å². The molecule has 14 heavy (non-hydrogen) atoms. The molecule has 1 heterocycles. The van der Waals surface area contributed by atoms with Crippen LogP contribution in [0.25, 0.3) is 6.08 Å². The van der Waals surface area contributed by atoms with Gasteiger partial charge in [-0.25, -0.2) is 0 Å². The third kappa shape index (κ3) is 1.76. The van der Waals surface area contributed by atoms with Crippen molar-refractivity contribution in [3.8, 4) is 5.75 Å². The summed E-state index contributed by atoms with van der Waals surface area (Å²) in [5.74, 6) is 0.517. The molecule has 72 valence electrons. The lowest BCUT2D eigenvalue weighted by Gasteiger charge is -1.98. The molecule has 2 N–H and O–H groups in total. The number of rotatable bonds is 2. The number of ether oxygens (including phenoxy) is 1. The van der Waals surface area contributed by atoms with Crippen molar-refractivity contribution in [1.82, 2.24) is 0 Å². The van der Waals surface area contributed by atoms with E-state index >= 15 is 0 Å². The van der Waals surface area contributed by atoms with E-state index in [-0.39, 0.29) is 0 Å². The summed E-state index contributed by atoms with van der Waals surface area (Å²) in [6.07, 6.45) is 4.01. The number of carbonyl (C=O) groups excluding carboxylic acids is 1. The highest BCUT2D eigenvalue weighted by atomic mass is 16.5. The third-order valence-electron chi connectivity index (χ3n) is 2.15. The Kier molecular flexibility index (Phi) is 2.23. The van der Waals surface area contributed by atoms with E-state index in [1.54, 1.807) is 6.08 Å². The molecule has 0 saturated carbocycles. The molecule has 0 radical (unpaired) electrons. The van der Waals surface area contributed by atoms with Crippen molar-refractivity contribution in [3.63, 3.8) is 0 Å². The topological polar surface area (TPSA) is 52.3 Å². The van der Waals surface area contributed by atoms with Crippen LogP contribution in [0.15, 0.2) is 24.3 Å². The van der Waals surface area contributed by atoms with Crippen LogP contribution in [-0.4, -0.2) is 12.5 Å². The summed E-state index contributed by atoms with van der Waals surface area (Å²) in [5.41, 5.74) is 7.17. The van der Waals surface area contributed by atoms with Gasteiger partial charge >= 0.3 is 0 Å². The van der Waals surface area contributed by atoms with Gasteiger partial charge < -0.3 is 10.5 Å². The first-order chi connectivity index (χ1) is 6.75. The SMILES string of the molecule is NC(=O)C=Cc1ccc2c(c1)CCO2. The highest BCUT2D eigenvalue weighted by Gasteiger charge is 2.10. The molecule has 0 aromatic heterocycles. The van der Waals surface area contributed by atoms with Crippen LogP contribution in [0, 0.1) is 0 Å². The van der Waals surface area contributed by atoms with Gasteiger partial charge in [0.05, 0.1) is 6.61 Å². The second-order valence-corrected chi connectivity index (χ2v) is 3.20. The number of hydrogen-bond donors (Lipinski definition) is 1. The predicted octanol–water partition coefficient (Wildman–Crippen LogP) is 1.12. The summed E-state index contributed by atoms with van der Waals surface area (Å²) in [6, 6.07) is 5.84. The molecule has 1 aliphatic heterocycles. The third-order valence-corrected chi connectivity index (χ3v) is 2.15. The van der Waals surface area contributed by atoms with Gasteiger partial charge in [-0.3, -0.25) is 4.79 Å². The van der Waals surface area contributed by atoms with Gasteiger partial charge in [-0.15, -0.1) is 0 Å². The van der Waals surface area contributed by atoms with Gasteiger partial charge in [0.2, 0.25) is 5.91 Å². The van der Waals surface area contributed by atoms with E-state index < -0.39 is 5.91 Å². The number of carbonyl (C=O) groups is 1. The van der Waals surface area contributed by atoms with Crippen LogP contribution >= 0.6 is 0 Å². The smallest absolute Gasteiger partial charge is 0.241 e. The zero-order valence-electron chi connectivity index (χ0n) is 7.69. The Hall–Kier alpha value is -1.77. The zero-order chi connectivity index (χ0) is 9.97. The van der Waals surface area contributed by atoms with E-state index in [9.17, 15) is 4.79 Å². The highest BCUT2D eigenvalue weighted by Crippen LogP contribution is 2.26. The summed E-state index contributed by atoms with van der Waals surface area (Å²) in [4.78, 5) is 10.5. The molecule has 0 saturated heterocycles. The van der Waals surface area contributed by atoms with E-state index in [4.69, 9.17) is 10.5 Å². The van der Waals surface area contributed by atoms with Crippen LogP contribution < -0.4 is 10.5 Å². The van der Waals surface area contributed by atoms with E-state index in [1.165, 1.54) is 11.6 Å². The molecule has 0 atom stereocenters. The average Bonchev–Trinajstić information content (AvgIpc) is 2.61. The summed E-state index contributed by atoms with van der Waals surface area (Å²) in [7, 11) is 0. The first kappa shape index (κ1) is 8.81. The standard InChI is InChI=1S/C11H11NO2/c12-11(13)4-2-8-1-3-10-9(7-8)5-6-14-10/h1-4,7H,5-6H2,(H2,12,13). The average molecular weight is 189 g/mol. The number of hydrogen-bond acceptors (Lipinski definition) is 2. The number of amides is 1. The van der Waals surface area contributed by atoms with Crippen molar-refractivity contribution in [2.24, 2.45) is 5.73 Å². The lowest BCUT2D eigenvalue weighted by Crippen LogP contribution is -2.05. The fraction of sp³-hybridized carbons (Fsp3) is 0.182. The lowest BCUT2D eigenvalue weighted by molar-refractivity contribution is -0.113.